The second kappa shape index (κ2) is 8.05. The molecule has 8 heteroatoms. The molecule has 0 saturated carbocycles. The molecule has 0 aliphatic carbocycles. The standard InChI is InChI=1S/C18H23ClN6O/c19-14-1-2-17(21-13-14)24-7-4-15(5-8-24)22-16-3-6-20-18(23-16)25-9-11-26-12-10-25/h1-3,6,13,15H,4-5,7-12H2,(H,20,22,23). The van der Waals surface area contributed by atoms with Crippen LogP contribution in [0.4, 0.5) is 17.6 Å². The molecule has 0 unspecified atom stereocenters. The van der Waals surface area contributed by atoms with Crippen molar-refractivity contribution >= 4 is 29.2 Å². The van der Waals surface area contributed by atoms with Crippen molar-refractivity contribution in [3.63, 3.8) is 0 Å². The van der Waals surface area contributed by atoms with Crippen molar-refractivity contribution in [2.24, 2.45) is 0 Å². The van der Waals surface area contributed by atoms with E-state index in [-0.39, 0.29) is 0 Å². The van der Waals surface area contributed by atoms with Crippen molar-refractivity contribution in [1.82, 2.24) is 15.0 Å². The highest BCUT2D eigenvalue weighted by Gasteiger charge is 2.21. The Balaban J connectivity index is 1.33. The van der Waals surface area contributed by atoms with E-state index in [2.05, 4.69) is 30.1 Å². The van der Waals surface area contributed by atoms with Crippen molar-refractivity contribution < 1.29 is 4.74 Å². The molecule has 4 heterocycles. The fraction of sp³-hybridized carbons (Fsp3) is 0.500. The Morgan fingerprint density at radius 3 is 2.54 bits per heavy atom. The molecule has 0 amide bonds. The monoisotopic (exact) mass is 374 g/mol. The lowest BCUT2D eigenvalue weighted by Gasteiger charge is -2.33. The summed E-state index contributed by atoms with van der Waals surface area (Å²) in [5, 5.41) is 4.24. The van der Waals surface area contributed by atoms with Gasteiger partial charge in [0.1, 0.15) is 11.6 Å². The van der Waals surface area contributed by atoms with E-state index < -0.39 is 0 Å². The second-order valence-electron chi connectivity index (χ2n) is 6.58. The molecule has 1 N–H and O–H groups in total. The first-order chi connectivity index (χ1) is 12.8. The summed E-state index contributed by atoms with van der Waals surface area (Å²) >= 11 is 5.92. The number of nitrogens with one attached hydrogen (secondary N) is 1. The fourth-order valence-electron chi connectivity index (χ4n) is 3.36. The smallest absolute Gasteiger partial charge is 0.227 e. The van der Waals surface area contributed by atoms with Crippen LogP contribution in [0, 0.1) is 0 Å². The molecule has 2 fully saturated rings. The number of morpholine rings is 1. The minimum absolute atomic E-state index is 0.408. The van der Waals surface area contributed by atoms with Crippen LogP contribution in [-0.2, 0) is 4.74 Å². The Kier molecular flexibility index (Phi) is 5.36. The lowest BCUT2D eigenvalue weighted by atomic mass is 10.1. The lowest BCUT2D eigenvalue weighted by molar-refractivity contribution is 0.122. The Bertz CT molecular complexity index is 714. The van der Waals surface area contributed by atoms with E-state index in [0.29, 0.717) is 11.1 Å². The minimum atomic E-state index is 0.408. The van der Waals surface area contributed by atoms with Crippen molar-refractivity contribution in [3.8, 4) is 0 Å². The molecule has 0 spiro atoms. The van der Waals surface area contributed by atoms with Crippen molar-refractivity contribution in [1.29, 1.82) is 0 Å². The maximum atomic E-state index is 5.92. The SMILES string of the molecule is Clc1ccc(N2CCC(Nc3ccnc(N4CCOCC4)n3)CC2)nc1. The van der Waals surface area contributed by atoms with Gasteiger partial charge in [-0.15, -0.1) is 0 Å². The number of hydrogen-bond donors (Lipinski definition) is 1. The average molecular weight is 375 g/mol. The first-order valence-electron chi connectivity index (χ1n) is 9.07. The molecule has 2 saturated heterocycles. The zero-order chi connectivity index (χ0) is 17.8. The topological polar surface area (TPSA) is 66.4 Å². The zero-order valence-electron chi connectivity index (χ0n) is 14.6. The summed E-state index contributed by atoms with van der Waals surface area (Å²) in [5.41, 5.74) is 0. The van der Waals surface area contributed by atoms with Gasteiger partial charge >= 0.3 is 0 Å². The summed E-state index contributed by atoms with van der Waals surface area (Å²) in [5.74, 6) is 2.66. The van der Waals surface area contributed by atoms with Gasteiger partial charge in [-0.05, 0) is 31.0 Å². The van der Waals surface area contributed by atoms with Crippen LogP contribution in [0.3, 0.4) is 0 Å². The normalized spacial score (nSPS) is 18.8. The zero-order valence-corrected chi connectivity index (χ0v) is 15.4. The summed E-state index contributed by atoms with van der Waals surface area (Å²) < 4.78 is 5.40. The predicted molar refractivity (Wildman–Crippen MR) is 103 cm³/mol. The molecule has 0 atom stereocenters. The molecule has 0 bridgehead atoms. The summed E-state index contributed by atoms with van der Waals surface area (Å²) in [4.78, 5) is 18.0. The van der Waals surface area contributed by atoms with Gasteiger partial charge in [0.05, 0.1) is 18.2 Å². The number of piperidine rings is 1. The van der Waals surface area contributed by atoms with Crippen molar-refractivity contribution in [2.45, 2.75) is 18.9 Å². The molecule has 2 aromatic rings. The third-order valence-electron chi connectivity index (χ3n) is 4.82. The van der Waals surface area contributed by atoms with Gasteiger partial charge in [0.2, 0.25) is 5.95 Å². The van der Waals surface area contributed by atoms with Gasteiger partial charge in [0.25, 0.3) is 0 Å². The quantitative estimate of drug-likeness (QED) is 0.881. The van der Waals surface area contributed by atoms with E-state index in [9.17, 15) is 0 Å². The van der Waals surface area contributed by atoms with Crippen LogP contribution >= 0.6 is 11.6 Å². The Morgan fingerprint density at radius 1 is 1.00 bits per heavy atom. The molecule has 0 aromatic carbocycles. The fourth-order valence-corrected chi connectivity index (χ4v) is 3.47. The number of rotatable bonds is 4. The van der Waals surface area contributed by atoms with Gasteiger partial charge in [0, 0.05) is 44.6 Å². The summed E-state index contributed by atoms with van der Waals surface area (Å²) in [6.07, 6.45) is 5.62. The van der Waals surface area contributed by atoms with E-state index in [0.717, 1.165) is 69.8 Å². The maximum absolute atomic E-state index is 5.92. The van der Waals surface area contributed by atoms with Crippen LogP contribution < -0.4 is 15.1 Å². The van der Waals surface area contributed by atoms with Gasteiger partial charge in [-0.25, -0.2) is 9.97 Å². The number of anilines is 3. The number of nitrogens with zero attached hydrogens (tertiary/aromatic N) is 5. The lowest BCUT2D eigenvalue weighted by Crippen LogP contribution is -2.40. The molecule has 2 aromatic heterocycles. The van der Waals surface area contributed by atoms with Gasteiger partial charge in [0.15, 0.2) is 0 Å². The highest BCUT2D eigenvalue weighted by atomic mass is 35.5. The molecule has 2 aliphatic heterocycles. The first-order valence-corrected chi connectivity index (χ1v) is 9.44. The van der Waals surface area contributed by atoms with Gasteiger partial charge in [-0.1, -0.05) is 11.6 Å². The summed E-state index contributed by atoms with van der Waals surface area (Å²) in [7, 11) is 0. The molecule has 7 nitrogen and oxygen atoms in total. The number of ether oxygens (including phenoxy) is 1. The Labute approximate surface area is 158 Å². The number of pyridine rings is 1. The van der Waals surface area contributed by atoms with Crippen LogP contribution in [0.25, 0.3) is 0 Å². The number of hydrogen-bond acceptors (Lipinski definition) is 7. The summed E-state index contributed by atoms with van der Waals surface area (Å²) in [6.45, 7) is 5.09. The highest BCUT2D eigenvalue weighted by molar-refractivity contribution is 6.30. The molecule has 26 heavy (non-hydrogen) atoms. The van der Waals surface area contributed by atoms with Gasteiger partial charge in [-0.2, -0.15) is 4.98 Å². The van der Waals surface area contributed by atoms with E-state index in [1.807, 2.05) is 24.4 Å². The van der Waals surface area contributed by atoms with Crippen molar-refractivity contribution in [2.75, 3.05) is 54.5 Å². The highest BCUT2D eigenvalue weighted by Crippen LogP contribution is 2.21. The van der Waals surface area contributed by atoms with Crippen LogP contribution in [0.5, 0.6) is 0 Å². The molecule has 2 aliphatic rings. The molecule has 4 rings (SSSR count). The number of aromatic nitrogens is 3. The van der Waals surface area contributed by atoms with Crippen LogP contribution in [0.1, 0.15) is 12.8 Å². The van der Waals surface area contributed by atoms with Crippen molar-refractivity contribution in [3.05, 3.63) is 35.6 Å². The average Bonchev–Trinajstić information content (AvgIpc) is 2.70. The van der Waals surface area contributed by atoms with Gasteiger partial charge in [-0.3, -0.25) is 0 Å². The summed E-state index contributed by atoms with van der Waals surface area (Å²) in [6, 6.07) is 6.22. The second-order valence-corrected chi connectivity index (χ2v) is 7.02. The minimum Gasteiger partial charge on any atom is -0.378 e. The van der Waals surface area contributed by atoms with E-state index in [1.165, 1.54) is 0 Å². The van der Waals surface area contributed by atoms with E-state index in [4.69, 9.17) is 16.3 Å². The van der Waals surface area contributed by atoms with Crippen LogP contribution in [0.2, 0.25) is 5.02 Å². The van der Waals surface area contributed by atoms with E-state index in [1.54, 1.807) is 6.20 Å². The van der Waals surface area contributed by atoms with Crippen LogP contribution in [-0.4, -0.2) is 60.4 Å². The number of halogens is 1. The predicted octanol–water partition coefficient (Wildman–Crippen LogP) is 2.44. The van der Waals surface area contributed by atoms with E-state index >= 15 is 0 Å². The molecule has 0 radical (unpaired) electrons. The Morgan fingerprint density at radius 2 is 1.81 bits per heavy atom. The largest absolute Gasteiger partial charge is 0.378 e. The first kappa shape index (κ1) is 17.3. The third kappa shape index (κ3) is 4.16. The molecule has 138 valence electrons. The Hall–Kier alpha value is -2.12. The molecular weight excluding hydrogens is 352 g/mol. The maximum Gasteiger partial charge on any atom is 0.227 e. The molecular formula is C18H23ClN6O. The third-order valence-corrected chi connectivity index (χ3v) is 5.04. The van der Waals surface area contributed by atoms with Crippen LogP contribution in [0.15, 0.2) is 30.6 Å². The van der Waals surface area contributed by atoms with Gasteiger partial charge < -0.3 is 19.9 Å².